The Balaban J connectivity index is 2.72. The number of aliphatic hydroxyl groups excluding tert-OH is 1. The first-order valence-electron chi connectivity index (χ1n) is 7.47. The number of benzene rings is 1. The largest absolute Gasteiger partial charge is 0.395 e. The minimum atomic E-state index is -0.597. The van der Waals surface area contributed by atoms with Crippen LogP contribution in [0, 0.1) is 0 Å². The van der Waals surface area contributed by atoms with Crippen molar-refractivity contribution < 1.29 is 9.90 Å². The molecule has 0 fully saturated rings. The van der Waals surface area contributed by atoms with E-state index < -0.39 is 5.54 Å². The van der Waals surface area contributed by atoms with Gasteiger partial charge in [-0.1, -0.05) is 6.92 Å². The lowest BCUT2D eigenvalue weighted by Crippen LogP contribution is -2.49. The van der Waals surface area contributed by atoms with E-state index in [-0.39, 0.29) is 12.5 Å². The van der Waals surface area contributed by atoms with Crippen LogP contribution in [0.4, 0.5) is 11.4 Å². The predicted molar refractivity (Wildman–Crippen MR) is 87.8 cm³/mol. The van der Waals surface area contributed by atoms with Crippen molar-refractivity contribution in [1.82, 2.24) is 5.32 Å². The second-order valence-corrected chi connectivity index (χ2v) is 5.46. The summed E-state index contributed by atoms with van der Waals surface area (Å²) in [6, 6.07) is 7.68. The van der Waals surface area contributed by atoms with Gasteiger partial charge >= 0.3 is 0 Å². The molecule has 0 atom stereocenters. The summed E-state index contributed by atoms with van der Waals surface area (Å²) in [5, 5.41) is 15.1. The van der Waals surface area contributed by atoms with Crippen LogP contribution in [0.25, 0.3) is 0 Å². The highest BCUT2D eigenvalue weighted by Gasteiger charge is 2.26. The quantitative estimate of drug-likeness (QED) is 0.684. The molecule has 0 saturated heterocycles. The Hall–Kier alpha value is -1.59. The summed E-state index contributed by atoms with van der Waals surface area (Å²) in [5.41, 5.74) is 1.21. The molecule has 0 aliphatic rings. The molecule has 21 heavy (non-hydrogen) atoms. The number of amides is 1. The number of carbonyl (C=O) groups excluding carboxylic acids is 1. The monoisotopic (exact) mass is 293 g/mol. The number of carbonyl (C=O) groups is 1. The minimum Gasteiger partial charge on any atom is -0.395 e. The molecule has 0 heterocycles. The fourth-order valence-electron chi connectivity index (χ4n) is 2.16. The van der Waals surface area contributed by atoms with Gasteiger partial charge in [0.05, 0.1) is 12.1 Å². The summed E-state index contributed by atoms with van der Waals surface area (Å²) in [7, 11) is 0. The van der Waals surface area contributed by atoms with E-state index in [1.54, 1.807) is 0 Å². The lowest BCUT2D eigenvalue weighted by atomic mass is 10.0. The van der Waals surface area contributed by atoms with Crippen LogP contribution in [0.5, 0.6) is 0 Å². The van der Waals surface area contributed by atoms with Crippen molar-refractivity contribution in [3.05, 3.63) is 24.3 Å². The number of hydrogen-bond donors (Lipinski definition) is 3. The summed E-state index contributed by atoms with van der Waals surface area (Å²) >= 11 is 0. The maximum atomic E-state index is 12.2. The van der Waals surface area contributed by atoms with E-state index >= 15 is 0 Å². The van der Waals surface area contributed by atoms with E-state index in [4.69, 9.17) is 5.11 Å². The van der Waals surface area contributed by atoms with Crippen LogP contribution in [0.2, 0.25) is 0 Å². The van der Waals surface area contributed by atoms with E-state index in [9.17, 15) is 4.79 Å². The van der Waals surface area contributed by atoms with Crippen LogP contribution >= 0.6 is 0 Å². The Labute approximate surface area is 127 Å². The summed E-state index contributed by atoms with van der Waals surface area (Å²) in [4.78, 5) is 14.3. The molecule has 3 N–H and O–H groups in total. The molecule has 1 amide bonds. The number of aliphatic hydroxyl groups is 1. The molecule has 0 saturated carbocycles. The summed E-state index contributed by atoms with van der Waals surface area (Å²) in [5.74, 6) is -0.0557. The van der Waals surface area contributed by atoms with Crippen LogP contribution < -0.4 is 15.5 Å². The highest BCUT2D eigenvalue weighted by molar-refractivity contribution is 5.97. The van der Waals surface area contributed by atoms with Gasteiger partial charge in [-0.25, -0.2) is 0 Å². The van der Waals surface area contributed by atoms with Crippen LogP contribution in [-0.4, -0.2) is 42.8 Å². The maximum absolute atomic E-state index is 12.2. The molecule has 0 spiro atoms. The smallest absolute Gasteiger partial charge is 0.244 e. The second kappa shape index (κ2) is 8.00. The van der Waals surface area contributed by atoms with E-state index in [0.29, 0.717) is 6.54 Å². The molecule has 0 aromatic heterocycles. The molecule has 0 radical (unpaired) electrons. The average Bonchev–Trinajstić information content (AvgIpc) is 2.45. The fraction of sp³-hybridized carbons (Fsp3) is 0.562. The van der Waals surface area contributed by atoms with Gasteiger partial charge in [-0.3, -0.25) is 4.79 Å². The molecule has 5 heteroatoms. The Morgan fingerprint density at radius 1 is 1.24 bits per heavy atom. The molecule has 0 unspecified atom stereocenters. The van der Waals surface area contributed by atoms with Crippen LogP contribution in [0.3, 0.4) is 0 Å². The highest BCUT2D eigenvalue weighted by Crippen LogP contribution is 2.18. The summed E-state index contributed by atoms with van der Waals surface area (Å²) < 4.78 is 0. The molecular formula is C16H27N3O2. The molecule has 0 aliphatic carbocycles. The first kappa shape index (κ1) is 17.5. The van der Waals surface area contributed by atoms with Gasteiger partial charge in [0.25, 0.3) is 0 Å². The zero-order valence-corrected chi connectivity index (χ0v) is 13.4. The molecule has 0 bridgehead atoms. The third-order valence-electron chi connectivity index (χ3n) is 3.43. The highest BCUT2D eigenvalue weighted by atomic mass is 16.3. The lowest BCUT2D eigenvalue weighted by molar-refractivity contribution is -0.121. The SMILES string of the molecule is CCNC(C)(C)C(=O)Nc1ccc(N(CC)CCO)cc1. The van der Waals surface area contributed by atoms with Crippen LogP contribution in [0.1, 0.15) is 27.7 Å². The van der Waals surface area contributed by atoms with Crippen molar-refractivity contribution in [1.29, 1.82) is 0 Å². The average molecular weight is 293 g/mol. The topological polar surface area (TPSA) is 64.6 Å². The predicted octanol–water partition coefficient (Wildman–Crippen LogP) is 1.83. The van der Waals surface area contributed by atoms with Crippen molar-refractivity contribution in [2.45, 2.75) is 33.2 Å². The Morgan fingerprint density at radius 3 is 2.33 bits per heavy atom. The van der Waals surface area contributed by atoms with Crippen LogP contribution in [-0.2, 0) is 4.79 Å². The minimum absolute atomic E-state index is 0.0557. The molecule has 5 nitrogen and oxygen atoms in total. The third-order valence-corrected chi connectivity index (χ3v) is 3.43. The van der Waals surface area contributed by atoms with Crippen LogP contribution in [0.15, 0.2) is 24.3 Å². The first-order valence-corrected chi connectivity index (χ1v) is 7.47. The van der Waals surface area contributed by atoms with Crippen molar-refractivity contribution >= 4 is 17.3 Å². The number of rotatable bonds is 8. The molecule has 0 aliphatic heterocycles. The maximum Gasteiger partial charge on any atom is 0.244 e. The Bertz CT molecular complexity index is 443. The van der Waals surface area contributed by atoms with E-state index in [1.165, 1.54) is 0 Å². The Morgan fingerprint density at radius 2 is 1.86 bits per heavy atom. The van der Waals surface area contributed by atoms with E-state index in [1.807, 2.05) is 52.0 Å². The van der Waals surface area contributed by atoms with Gasteiger partial charge < -0.3 is 20.6 Å². The third kappa shape index (κ3) is 5.02. The number of anilines is 2. The van der Waals surface area contributed by atoms with Crippen molar-refractivity contribution in [3.8, 4) is 0 Å². The second-order valence-electron chi connectivity index (χ2n) is 5.46. The Kier molecular flexibility index (Phi) is 6.65. The molecule has 118 valence electrons. The molecular weight excluding hydrogens is 266 g/mol. The van der Waals surface area contributed by atoms with Gasteiger partial charge in [-0.15, -0.1) is 0 Å². The number of nitrogens with one attached hydrogen (secondary N) is 2. The van der Waals surface area contributed by atoms with Gasteiger partial charge in [0.1, 0.15) is 0 Å². The van der Waals surface area contributed by atoms with Crippen molar-refractivity contribution in [2.24, 2.45) is 0 Å². The zero-order valence-electron chi connectivity index (χ0n) is 13.4. The number of likely N-dealkylation sites (N-methyl/N-ethyl adjacent to an activating group) is 2. The standard InChI is InChI=1S/C16H27N3O2/c1-5-17-16(3,4)15(21)18-13-7-9-14(10-8-13)19(6-2)11-12-20/h7-10,17,20H,5-6,11-12H2,1-4H3,(H,18,21). The first-order chi connectivity index (χ1) is 9.94. The van der Waals surface area contributed by atoms with Crippen molar-refractivity contribution in [3.63, 3.8) is 0 Å². The zero-order chi connectivity index (χ0) is 15.9. The normalized spacial score (nSPS) is 11.3. The van der Waals surface area contributed by atoms with Gasteiger partial charge in [0, 0.05) is 24.5 Å². The van der Waals surface area contributed by atoms with Crippen molar-refractivity contribution in [2.75, 3.05) is 36.5 Å². The molecule has 1 aromatic rings. The van der Waals surface area contributed by atoms with Gasteiger partial charge in [-0.05, 0) is 51.6 Å². The van der Waals surface area contributed by atoms with E-state index in [2.05, 4.69) is 15.5 Å². The fourth-order valence-corrected chi connectivity index (χ4v) is 2.16. The van der Waals surface area contributed by atoms with Gasteiger partial charge in [-0.2, -0.15) is 0 Å². The number of nitrogens with zero attached hydrogens (tertiary/aromatic N) is 1. The lowest BCUT2D eigenvalue weighted by Gasteiger charge is -2.25. The summed E-state index contributed by atoms with van der Waals surface area (Å²) in [6.07, 6.45) is 0. The number of hydrogen-bond acceptors (Lipinski definition) is 4. The molecule has 1 aromatic carbocycles. The van der Waals surface area contributed by atoms with Gasteiger partial charge in [0.15, 0.2) is 0 Å². The summed E-state index contributed by atoms with van der Waals surface area (Å²) in [6.45, 7) is 10.1. The molecule has 1 rings (SSSR count). The van der Waals surface area contributed by atoms with E-state index in [0.717, 1.165) is 24.5 Å². The van der Waals surface area contributed by atoms with Gasteiger partial charge in [0.2, 0.25) is 5.91 Å².